The van der Waals surface area contributed by atoms with Gasteiger partial charge in [0.1, 0.15) is 11.6 Å². The molecule has 0 heterocycles. The topological polar surface area (TPSA) is 66.4 Å². The molecule has 0 saturated heterocycles. The summed E-state index contributed by atoms with van der Waals surface area (Å²) in [7, 11) is 0. The van der Waals surface area contributed by atoms with Crippen molar-refractivity contribution < 1.29 is 14.7 Å². The minimum Gasteiger partial charge on any atom is -0.396 e. The lowest BCUT2D eigenvalue weighted by Crippen LogP contribution is -2.29. The van der Waals surface area contributed by atoms with E-state index < -0.39 is 5.92 Å². The molecule has 0 aromatic rings. The fourth-order valence-corrected chi connectivity index (χ4v) is 6.06. The van der Waals surface area contributed by atoms with Gasteiger partial charge in [0.25, 0.3) is 0 Å². The first kappa shape index (κ1) is 41.3. The van der Waals surface area contributed by atoms with Gasteiger partial charge in [0, 0.05) is 19.4 Å². The van der Waals surface area contributed by atoms with Gasteiger partial charge in [-0.2, -0.15) is 0 Å². The molecule has 4 heteroatoms. The first-order valence-corrected chi connectivity index (χ1v) is 19.0. The molecule has 42 heavy (non-hydrogen) atoms. The zero-order valence-electron chi connectivity index (χ0n) is 28.7. The van der Waals surface area contributed by atoms with Gasteiger partial charge in [-0.1, -0.05) is 168 Å². The highest BCUT2D eigenvalue weighted by molar-refractivity contribution is 6.02. The van der Waals surface area contributed by atoms with Crippen molar-refractivity contribution >= 4 is 11.6 Å². The van der Waals surface area contributed by atoms with E-state index in [4.69, 9.17) is 5.11 Å². The number of ketones is 2. The molecular weight excluding hydrogens is 518 g/mol. The average Bonchev–Trinajstić information content (AvgIpc) is 2.99. The van der Waals surface area contributed by atoms with Crippen LogP contribution in [0.2, 0.25) is 0 Å². The van der Waals surface area contributed by atoms with Crippen molar-refractivity contribution in [3.63, 3.8) is 0 Å². The largest absolute Gasteiger partial charge is 0.396 e. The monoisotopic (exact) mass is 594 g/mol. The van der Waals surface area contributed by atoms with E-state index >= 15 is 0 Å². The van der Waals surface area contributed by atoms with Gasteiger partial charge < -0.3 is 10.4 Å². The molecule has 250 valence electrons. The summed E-state index contributed by atoms with van der Waals surface area (Å²) in [5.74, 6) is -0.0928. The molecule has 2 N–H and O–H groups in total. The molecule has 0 aliphatic carbocycles. The molecule has 0 spiro atoms. The van der Waals surface area contributed by atoms with Crippen LogP contribution in [0.1, 0.15) is 206 Å². The Kier molecular flexibility index (Phi) is 34.1. The van der Waals surface area contributed by atoms with Crippen LogP contribution in [0, 0.1) is 5.92 Å². The molecule has 0 aromatic carbocycles. The zero-order valence-corrected chi connectivity index (χ0v) is 28.7. The number of rotatable bonds is 36. The van der Waals surface area contributed by atoms with Gasteiger partial charge in [-0.25, -0.2) is 0 Å². The minimum absolute atomic E-state index is 0.168. The molecule has 0 rings (SSSR count). The third-order valence-electron chi connectivity index (χ3n) is 8.95. The Morgan fingerprint density at radius 1 is 0.452 bits per heavy atom. The molecular formula is C38H75NO3. The van der Waals surface area contributed by atoms with Crippen molar-refractivity contribution in [1.29, 1.82) is 0 Å². The van der Waals surface area contributed by atoms with Gasteiger partial charge >= 0.3 is 0 Å². The molecule has 0 atom stereocenters. The molecule has 0 unspecified atom stereocenters. The number of carbonyl (C=O) groups excluding carboxylic acids is 2. The van der Waals surface area contributed by atoms with E-state index in [1.54, 1.807) is 0 Å². The minimum atomic E-state index is -0.429. The number of nitrogens with one attached hydrogen (secondary N) is 1. The van der Waals surface area contributed by atoms with Gasteiger partial charge in [0.15, 0.2) is 0 Å². The van der Waals surface area contributed by atoms with Gasteiger partial charge in [-0.3, -0.25) is 9.59 Å². The highest BCUT2D eigenvalue weighted by Gasteiger charge is 2.24. The van der Waals surface area contributed by atoms with Crippen LogP contribution >= 0.6 is 0 Å². The Morgan fingerprint density at radius 3 is 1.07 bits per heavy atom. The third kappa shape index (κ3) is 29.3. The summed E-state index contributed by atoms with van der Waals surface area (Å²) in [4.78, 5) is 26.1. The Hall–Kier alpha value is -0.740. The summed E-state index contributed by atoms with van der Waals surface area (Å²) < 4.78 is 0. The number of hydrogen-bond donors (Lipinski definition) is 2. The summed E-state index contributed by atoms with van der Waals surface area (Å²) >= 11 is 0. The van der Waals surface area contributed by atoms with Crippen LogP contribution in [0.3, 0.4) is 0 Å². The number of Topliss-reactive ketones (excluding diaryl/α,β-unsaturated/α-hetero) is 2. The summed E-state index contributed by atoms with van der Waals surface area (Å²) in [5.41, 5.74) is 0. The quantitative estimate of drug-likeness (QED) is 0.0560. The lowest BCUT2D eigenvalue weighted by atomic mass is 9.89. The van der Waals surface area contributed by atoms with Crippen molar-refractivity contribution in [2.45, 2.75) is 206 Å². The van der Waals surface area contributed by atoms with Crippen LogP contribution in [-0.4, -0.2) is 36.4 Å². The predicted molar refractivity (Wildman–Crippen MR) is 183 cm³/mol. The van der Waals surface area contributed by atoms with Gasteiger partial charge in [-0.05, 0) is 38.8 Å². The van der Waals surface area contributed by atoms with Crippen LogP contribution < -0.4 is 5.32 Å². The van der Waals surface area contributed by atoms with Crippen LogP contribution in [0.15, 0.2) is 0 Å². The van der Waals surface area contributed by atoms with Gasteiger partial charge in [0.05, 0.1) is 5.92 Å². The number of hydrogen-bond acceptors (Lipinski definition) is 4. The molecule has 0 aromatic heterocycles. The Bertz CT molecular complexity index is 523. The summed E-state index contributed by atoms with van der Waals surface area (Å²) in [6.45, 7) is 6.14. The summed E-state index contributed by atoms with van der Waals surface area (Å²) in [6, 6.07) is 0. The molecule has 0 aliphatic heterocycles. The molecule has 0 amide bonds. The van der Waals surface area contributed by atoms with Crippen molar-refractivity contribution in [3.8, 4) is 0 Å². The second kappa shape index (κ2) is 34.7. The first-order valence-electron chi connectivity index (χ1n) is 19.0. The predicted octanol–water partition coefficient (Wildman–Crippen LogP) is 11.1. The number of aliphatic hydroxyl groups is 1. The second-order valence-electron chi connectivity index (χ2n) is 13.1. The van der Waals surface area contributed by atoms with Crippen molar-refractivity contribution in [1.82, 2.24) is 5.32 Å². The van der Waals surface area contributed by atoms with Gasteiger partial charge in [0.2, 0.25) is 0 Å². The fraction of sp³-hybridized carbons (Fsp3) is 0.947. The lowest BCUT2D eigenvalue weighted by molar-refractivity contribution is -0.133. The van der Waals surface area contributed by atoms with E-state index in [0.29, 0.717) is 32.2 Å². The van der Waals surface area contributed by atoms with E-state index in [2.05, 4.69) is 19.2 Å². The lowest BCUT2D eigenvalue weighted by Gasteiger charge is -2.15. The van der Waals surface area contributed by atoms with E-state index in [0.717, 1.165) is 32.2 Å². The van der Waals surface area contributed by atoms with E-state index in [1.807, 2.05) is 0 Å². The maximum Gasteiger partial charge on any atom is 0.143 e. The standard InChI is InChI=1S/C38H75NO3/c1-3-5-7-9-11-13-15-17-19-21-23-25-27-30-37(41)36(32-34-39-33-29-35-40)38(42)31-28-26-24-22-20-18-16-14-12-10-8-6-4-2/h36,39-40H,3-35H2,1-2H3. The molecule has 4 nitrogen and oxygen atoms in total. The summed E-state index contributed by atoms with van der Waals surface area (Å²) in [6.07, 6.45) is 36.2. The normalized spacial score (nSPS) is 11.5. The Balaban J connectivity index is 4.02. The molecule has 0 bridgehead atoms. The maximum absolute atomic E-state index is 13.1. The smallest absolute Gasteiger partial charge is 0.143 e. The first-order chi connectivity index (χ1) is 20.7. The molecule has 0 saturated carbocycles. The number of unbranched alkanes of at least 4 members (excludes halogenated alkanes) is 24. The van der Waals surface area contributed by atoms with Crippen molar-refractivity contribution in [2.75, 3.05) is 19.7 Å². The Labute approximate surface area is 263 Å². The molecule has 0 aliphatic rings. The van der Waals surface area contributed by atoms with E-state index in [1.165, 1.54) is 141 Å². The average molecular weight is 594 g/mol. The fourth-order valence-electron chi connectivity index (χ4n) is 6.06. The second-order valence-corrected chi connectivity index (χ2v) is 13.1. The van der Waals surface area contributed by atoms with E-state index in [-0.39, 0.29) is 18.2 Å². The van der Waals surface area contributed by atoms with Gasteiger partial charge in [-0.15, -0.1) is 0 Å². The highest BCUT2D eigenvalue weighted by atomic mass is 16.3. The van der Waals surface area contributed by atoms with Crippen LogP contribution in [0.4, 0.5) is 0 Å². The number of aliphatic hydroxyl groups excluding tert-OH is 1. The maximum atomic E-state index is 13.1. The van der Waals surface area contributed by atoms with Crippen molar-refractivity contribution in [3.05, 3.63) is 0 Å². The molecule has 0 fully saturated rings. The van der Waals surface area contributed by atoms with Crippen LogP contribution in [-0.2, 0) is 9.59 Å². The molecule has 0 radical (unpaired) electrons. The zero-order chi connectivity index (χ0) is 30.8. The highest BCUT2D eigenvalue weighted by Crippen LogP contribution is 2.18. The van der Waals surface area contributed by atoms with E-state index in [9.17, 15) is 9.59 Å². The number of carbonyl (C=O) groups is 2. The van der Waals surface area contributed by atoms with Crippen molar-refractivity contribution in [2.24, 2.45) is 5.92 Å². The Morgan fingerprint density at radius 2 is 0.762 bits per heavy atom. The SMILES string of the molecule is CCCCCCCCCCCCCCCC(=O)C(CCNCCCO)C(=O)CCCCCCCCCCCCCCC. The van der Waals surface area contributed by atoms with Crippen LogP contribution in [0.5, 0.6) is 0 Å². The summed E-state index contributed by atoms with van der Waals surface area (Å²) in [5, 5.41) is 12.3. The van der Waals surface area contributed by atoms with Crippen LogP contribution in [0.25, 0.3) is 0 Å². The third-order valence-corrected chi connectivity index (χ3v) is 8.95.